The van der Waals surface area contributed by atoms with E-state index in [-0.39, 0.29) is 16.4 Å². The Hall–Kier alpha value is -2.10. The molecule has 0 spiro atoms. The fraction of sp³-hybridized carbons (Fsp3) is 0.200. The summed E-state index contributed by atoms with van der Waals surface area (Å²) in [7, 11) is -4.03. The Morgan fingerprint density at radius 2 is 2.00 bits per heavy atom. The summed E-state index contributed by atoms with van der Waals surface area (Å²) in [5.74, 6) is -0.121. The summed E-state index contributed by atoms with van der Waals surface area (Å²) in [4.78, 5) is 3.31. The van der Waals surface area contributed by atoms with Crippen LogP contribution in [-0.4, -0.2) is 23.6 Å². The third-order valence-corrected chi connectivity index (χ3v) is 3.94. The fourth-order valence-electron chi connectivity index (χ4n) is 1.56. The summed E-state index contributed by atoms with van der Waals surface area (Å²) >= 11 is 0. The lowest BCUT2D eigenvalue weighted by molar-refractivity contribution is -0.137. The lowest BCUT2D eigenvalue weighted by Crippen LogP contribution is -2.16. The number of halogens is 3. The van der Waals surface area contributed by atoms with E-state index >= 15 is 0 Å². The Labute approximate surface area is 112 Å². The Bertz CT molecular complexity index is 711. The van der Waals surface area contributed by atoms with Crippen molar-refractivity contribution in [2.45, 2.75) is 18.0 Å². The van der Waals surface area contributed by atoms with Gasteiger partial charge in [0, 0.05) is 0 Å². The first-order chi connectivity index (χ1) is 9.20. The topological polar surface area (TPSA) is 87.7 Å². The molecule has 0 radical (unpaired) electrons. The first-order valence-corrected chi connectivity index (χ1v) is 6.74. The molecule has 0 fully saturated rings. The molecule has 0 aliphatic rings. The first-order valence-electron chi connectivity index (χ1n) is 5.26. The number of benzene rings is 1. The molecule has 10 heteroatoms. The van der Waals surface area contributed by atoms with Crippen LogP contribution in [0.4, 0.5) is 19.1 Å². The SMILES string of the molecule is Cc1cc(C(F)(F)F)ccc1S(=O)(=O)Nc1ncn[nH]1. The average molecular weight is 306 g/mol. The summed E-state index contributed by atoms with van der Waals surface area (Å²) in [6.07, 6.45) is -3.43. The number of rotatable bonds is 3. The molecule has 1 aromatic carbocycles. The van der Waals surface area contributed by atoms with Gasteiger partial charge in [0.05, 0.1) is 10.5 Å². The van der Waals surface area contributed by atoms with Gasteiger partial charge in [0.25, 0.3) is 10.0 Å². The molecule has 2 aromatic rings. The minimum Gasteiger partial charge on any atom is -0.248 e. The van der Waals surface area contributed by atoms with Crippen LogP contribution in [0.5, 0.6) is 0 Å². The van der Waals surface area contributed by atoms with Crippen LogP contribution in [0.15, 0.2) is 29.4 Å². The van der Waals surface area contributed by atoms with E-state index in [4.69, 9.17) is 0 Å². The number of sulfonamides is 1. The number of aromatic nitrogens is 3. The highest BCUT2D eigenvalue weighted by Gasteiger charge is 2.31. The molecule has 0 amide bonds. The smallest absolute Gasteiger partial charge is 0.248 e. The zero-order valence-corrected chi connectivity index (χ0v) is 10.9. The van der Waals surface area contributed by atoms with Crippen molar-refractivity contribution in [3.05, 3.63) is 35.7 Å². The predicted octanol–water partition coefficient (Wildman–Crippen LogP) is 1.93. The molecule has 108 valence electrons. The fourth-order valence-corrected chi connectivity index (χ4v) is 2.76. The first kappa shape index (κ1) is 14.3. The molecule has 0 aliphatic carbocycles. The highest BCUT2D eigenvalue weighted by atomic mass is 32.2. The number of nitrogens with zero attached hydrogens (tertiary/aromatic N) is 2. The molecule has 0 bridgehead atoms. The molecule has 2 N–H and O–H groups in total. The van der Waals surface area contributed by atoms with Crippen LogP contribution >= 0.6 is 0 Å². The molecular weight excluding hydrogens is 297 g/mol. The summed E-state index contributed by atoms with van der Waals surface area (Å²) in [6.45, 7) is 1.28. The van der Waals surface area contributed by atoms with Crippen LogP contribution in [-0.2, 0) is 16.2 Å². The third-order valence-electron chi connectivity index (χ3n) is 2.44. The van der Waals surface area contributed by atoms with Crippen molar-refractivity contribution in [1.29, 1.82) is 0 Å². The molecule has 20 heavy (non-hydrogen) atoms. The molecular formula is C10H9F3N4O2S. The van der Waals surface area contributed by atoms with E-state index in [0.717, 1.165) is 18.5 Å². The highest BCUT2D eigenvalue weighted by Crippen LogP contribution is 2.31. The predicted molar refractivity (Wildman–Crippen MR) is 63.4 cm³/mol. The van der Waals surface area contributed by atoms with Crippen LogP contribution < -0.4 is 4.72 Å². The van der Waals surface area contributed by atoms with Gasteiger partial charge in [0.15, 0.2) is 0 Å². The molecule has 1 aromatic heterocycles. The van der Waals surface area contributed by atoms with Gasteiger partial charge in [-0.3, -0.25) is 0 Å². The number of hydrogen-bond donors (Lipinski definition) is 2. The summed E-state index contributed by atoms with van der Waals surface area (Å²) < 4.78 is 63.6. The minimum atomic E-state index is -4.52. The number of H-pyrrole nitrogens is 1. The van der Waals surface area contributed by atoms with Crippen molar-refractivity contribution >= 4 is 16.0 Å². The van der Waals surface area contributed by atoms with E-state index in [1.54, 1.807) is 0 Å². The normalized spacial score (nSPS) is 12.4. The second kappa shape index (κ2) is 4.78. The van der Waals surface area contributed by atoms with E-state index in [9.17, 15) is 21.6 Å². The molecule has 0 aliphatic heterocycles. The van der Waals surface area contributed by atoms with E-state index in [0.29, 0.717) is 6.07 Å². The highest BCUT2D eigenvalue weighted by molar-refractivity contribution is 7.92. The molecule has 0 atom stereocenters. The van der Waals surface area contributed by atoms with Gasteiger partial charge in [-0.15, -0.1) is 0 Å². The van der Waals surface area contributed by atoms with Crippen molar-refractivity contribution in [2.24, 2.45) is 0 Å². The van der Waals surface area contributed by atoms with Crippen LogP contribution in [0.3, 0.4) is 0 Å². The van der Waals surface area contributed by atoms with Gasteiger partial charge in [-0.2, -0.15) is 23.3 Å². The van der Waals surface area contributed by atoms with Gasteiger partial charge in [-0.05, 0) is 30.7 Å². The zero-order valence-electron chi connectivity index (χ0n) is 10.1. The Balaban J connectivity index is 2.38. The van der Waals surface area contributed by atoms with Crippen LogP contribution in [0.2, 0.25) is 0 Å². The van der Waals surface area contributed by atoms with Gasteiger partial charge in [0.2, 0.25) is 5.95 Å². The molecule has 0 saturated carbocycles. The zero-order chi connectivity index (χ0) is 15.0. The van der Waals surface area contributed by atoms with Crippen molar-refractivity contribution in [3.8, 4) is 0 Å². The Kier molecular flexibility index (Phi) is 3.42. The number of aromatic amines is 1. The summed E-state index contributed by atoms with van der Waals surface area (Å²) in [6, 6.07) is 2.38. The maximum Gasteiger partial charge on any atom is 0.416 e. The van der Waals surface area contributed by atoms with Crippen LogP contribution in [0, 0.1) is 6.92 Å². The van der Waals surface area contributed by atoms with Gasteiger partial charge in [-0.25, -0.2) is 18.2 Å². The van der Waals surface area contributed by atoms with Gasteiger partial charge >= 0.3 is 6.18 Å². The van der Waals surface area contributed by atoms with Crippen LogP contribution in [0.1, 0.15) is 11.1 Å². The van der Waals surface area contributed by atoms with E-state index in [1.807, 2.05) is 0 Å². The molecule has 6 nitrogen and oxygen atoms in total. The van der Waals surface area contributed by atoms with Gasteiger partial charge in [-0.1, -0.05) is 0 Å². The second-order valence-corrected chi connectivity index (χ2v) is 5.57. The van der Waals surface area contributed by atoms with Crippen LogP contribution in [0.25, 0.3) is 0 Å². The average Bonchev–Trinajstić information content (AvgIpc) is 2.79. The molecule has 0 unspecified atom stereocenters. The summed E-state index contributed by atoms with van der Waals surface area (Å²) in [5, 5.41) is 5.74. The monoisotopic (exact) mass is 306 g/mol. The van der Waals surface area contributed by atoms with E-state index < -0.39 is 21.8 Å². The standard InChI is InChI=1S/C10H9F3N4O2S/c1-6-4-7(10(11,12)13)2-3-8(6)20(18,19)17-9-14-5-15-16-9/h2-5H,1H3,(H2,14,15,16,17). The van der Waals surface area contributed by atoms with Gasteiger partial charge < -0.3 is 0 Å². The minimum absolute atomic E-state index is 0.0214. The van der Waals surface area contributed by atoms with Crippen molar-refractivity contribution < 1.29 is 21.6 Å². The quantitative estimate of drug-likeness (QED) is 0.907. The van der Waals surface area contributed by atoms with Gasteiger partial charge in [0.1, 0.15) is 6.33 Å². The van der Waals surface area contributed by atoms with Crippen molar-refractivity contribution in [1.82, 2.24) is 15.2 Å². The second-order valence-electron chi connectivity index (χ2n) is 3.92. The maximum absolute atomic E-state index is 12.5. The lowest BCUT2D eigenvalue weighted by atomic mass is 10.1. The number of anilines is 1. The molecule has 1 heterocycles. The number of aryl methyl sites for hydroxylation is 1. The Morgan fingerprint density at radius 3 is 2.50 bits per heavy atom. The molecule has 2 rings (SSSR count). The van der Waals surface area contributed by atoms with Crippen molar-refractivity contribution in [3.63, 3.8) is 0 Å². The molecule has 0 saturated heterocycles. The number of nitrogens with one attached hydrogen (secondary N) is 2. The van der Waals surface area contributed by atoms with E-state index in [1.165, 1.54) is 6.92 Å². The Morgan fingerprint density at radius 1 is 1.30 bits per heavy atom. The van der Waals surface area contributed by atoms with E-state index in [2.05, 4.69) is 19.9 Å². The number of hydrogen-bond acceptors (Lipinski definition) is 4. The largest absolute Gasteiger partial charge is 0.416 e. The summed E-state index contributed by atoms with van der Waals surface area (Å²) in [5.41, 5.74) is -0.930. The number of alkyl halides is 3. The maximum atomic E-state index is 12.5. The van der Waals surface area contributed by atoms with Crippen molar-refractivity contribution in [2.75, 3.05) is 4.72 Å². The third kappa shape index (κ3) is 2.90. The lowest BCUT2D eigenvalue weighted by Gasteiger charge is -2.11.